The number of piperidine rings is 1. The van der Waals surface area contributed by atoms with E-state index < -0.39 is 0 Å². The second-order valence-electron chi connectivity index (χ2n) is 9.11. The number of urea groups is 1. The van der Waals surface area contributed by atoms with Gasteiger partial charge in [-0.3, -0.25) is 9.40 Å². The molecule has 0 radical (unpaired) electrons. The van der Waals surface area contributed by atoms with Crippen LogP contribution in [0, 0.1) is 5.82 Å². The molecule has 3 aromatic rings. The van der Waals surface area contributed by atoms with Crippen molar-refractivity contribution < 1.29 is 9.18 Å². The zero-order valence-corrected chi connectivity index (χ0v) is 21.5. The number of anilines is 1. The minimum absolute atomic E-state index is 0.205. The standard InChI is InChI=1S/C27H29ClFN5OS/c28-21-4-10-25(11-5-21)36-32-27(35)30-15-12-19-2-1-3-20-18-31-34(26(19)20)24-13-16-33(17-14-24)23-8-6-22(29)7-9-23/h4-12,18,24H,1-3,13-17H2,(H2,30,32,35)/b19-12+. The first kappa shape index (κ1) is 24.7. The van der Waals surface area contributed by atoms with E-state index in [0.29, 0.717) is 17.6 Å². The van der Waals surface area contributed by atoms with Crippen molar-refractivity contribution in [2.75, 3.05) is 24.5 Å². The molecule has 188 valence electrons. The summed E-state index contributed by atoms with van der Waals surface area (Å²) in [7, 11) is 0. The minimum atomic E-state index is -0.232. The van der Waals surface area contributed by atoms with E-state index in [1.807, 2.05) is 30.5 Å². The van der Waals surface area contributed by atoms with E-state index in [9.17, 15) is 9.18 Å². The van der Waals surface area contributed by atoms with Gasteiger partial charge in [0, 0.05) is 35.2 Å². The molecule has 36 heavy (non-hydrogen) atoms. The second kappa shape index (κ2) is 11.4. The van der Waals surface area contributed by atoms with Crippen LogP contribution in [-0.4, -0.2) is 35.4 Å². The quantitative estimate of drug-likeness (QED) is 0.374. The predicted octanol–water partition coefficient (Wildman–Crippen LogP) is 6.24. The van der Waals surface area contributed by atoms with Crippen molar-refractivity contribution in [1.82, 2.24) is 19.8 Å². The van der Waals surface area contributed by atoms with Crippen LogP contribution in [0.1, 0.15) is 43.0 Å². The molecule has 1 aliphatic heterocycles. The van der Waals surface area contributed by atoms with Gasteiger partial charge in [-0.25, -0.2) is 9.18 Å². The van der Waals surface area contributed by atoms with Gasteiger partial charge in [-0.15, -0.1) is 0 Å². The summed E-state index contributed by atoms with van der Waals surface area (Å²) in [4.78, 5) is 15.5. The molecule has 1 saturated heterocycles. The number of benzene rings is 2. The van der Waals surface area contributed by atoms with Crippen LogP contribution in [0.15, 0.2) is 65.7 Å². The van der Waals surface area contributed by atoms with Gasteiger partial charge in [-0.2, -0.15) is 5.10 Å². The fourth-order valence-electron chi connectivity index (χ4n) is 4.93. The largest absolute Gasteiger partial charge is 0.371 e. The summed E-state index contributed by atoms with van der Waals surface area (Å²) in [5.41, 5.74) is 4.83. The van der Waals surface area contributed by atoms with Crippen LogP contribution in [0.4, 0.5) is 14.9 Å². The lowest BCUT2D eigenvalue weighted by molar-refractivity contribution is 0.247. The number of allylic oxidation sites excluding steroid dienone is 1. The molecule has 1 aliphatic carbocycles. The maximum Gasteiger partial charge on any atom is 0.325 e. The van der Waals surface area contributed by atoms with Crippen molar-refractivity contribution >= 4 is 40.8 Å². The number of carbonyl (C=O) groups excluding carboxylic acids is 1. The van der Waals surface area contributed by atoms with Crippen LogP contribution in [0.3, 0.4) is 0 Å². The molecular weight excluding hydrogens is 497 g/mol. The highest BCUT2D eigenvalue weighted by molar-refractivity contribution is 7.98. The number of aryl methyl sites for hydroxylation is 1. The topological polar surface area (TPSA) is 62.2 Å². The molecule has 0 spiro atoms. The lowest BCUT2D eigenvalue weighted by atomic mass is 9.92. The molecule has 2 aromatic carbocycles. The Morgan fingerprint density at radius 1 is 1.11 bits per heavy atom. The number of hydrogen-bond acceptors (Lipinski definition) is 4. The molecule has 0 unspecified atom stereocenters. The zero-order valence-electron chi connectivity index (χ0n) is 19.9. The number of halogens is 2. The lowest BCUT2D eigenvalue weighted by Gasteiger charge is -2.35. The molecule has 2 N–H and O–H groups in total. The van der Waals surface area contributed by atoms with E-state index in [-0.39, 0.29) is 11.8 Å². The van der Waals surface area contributed by atoms with Gasteiger partial charge in [-0.05, 0) is 104 Å². The van der Waals surface area contributed by atoms with Crippen molar-refractivity contribution in [2.45, 2.75) is 43.0 Å². The highest BCUT2D eigenvalue weighted by atomic mass is 35.5. The fourth-order valence-corrected chi connectivity index (χ4v) is 5.61. The number of hydrogen-bond donors (Lipinski definition) is 2. The summed E-state index contributed by atoms with van der Waals surface area (Å²) in [6.07, 6.45) is 9.21. The lowest BCUT2D eigenvalue weighted by Crippen LogP contribution is -2.35. The van der Waals surface area contributed by atoms with E-state index in [0.717, 1.165) is 55.8 Å². The fraction of sp³-hybridized carbons (Fsp3) is 0.333. The number of nitrogens with zero attached hydrogens (tertiary/aromatic N) is 3. The van der Waals surface area contributed by atoms with Crippen molar-refractivity contribution in [3.63, 3.8) is 0 Å². The number of amides is 2. The molecule has 2 amide bonds. The van der Waals surface area contributed by atoms with E-state index in [4.69, 9.17) is 16.7 Å². The molecule has 0 atom stereocenters. The number of aromatic nitrogens is 2. The Morgan fingerprint density at radius 3 is 2.61 bits per heavy atom. The third-order valence-electron chi connectivity index (χ3n) is 6.76. The third-order valence-corrected chi connectivity index (χ3v) is 7.80. The zero-order chi connectivity index (χ0) is 24.9. The van der Waals surface area contributed by atoms with Gasteiger partial charge >= 0.3 is 6.03 Å². The molecule has 0 bridgehead atoms. The molecule has 2 heterocycles. The van der Waals surface area contributed by atoms with Gasteiger partial charge in [0.25, 0.3) is 0 Å². The third kappa shape index (κ3) is 5.87. The maximum atomic E-state index is 13.3. The van der Waals surface area contributed by atoms with Crippen LogP contribution in [0.2, 0.25) is 5.02 Å². The van der Waals surface area contributed by atoms with E-state index >= 15 is 0 Å². The molecule has 5 rings (SSSR count). The van der Waals surface area contributed by atoms with Gasteiger partial charge in [-0.1, -0.05) is 17.7 Å². The van der Waals surface area contributed by atoms with E-state index in [1.165, 1.54) is 40.9 Å². The molecule has 6 nitrogen and oxygen atoms in total. The number of nitrogens with one attached hydrogen (secondary N) is 2. The summed E-state index contributed by atoms with van der Waals surface area (Å²) in [5.74, 6) is -0.205. The van der Waals surface area contributed by atoms with Gasteiger partial charge in [0.15, 0.2) is 0 Å². The summed E-state index contributed by atoms with van der Waals surface area (Å²) in [6.45, 7) is 2.28. The average molecular weight is 526 g/mol. The normalized spacial score (nSPS) is 17.2. The van der Waals surface area contributed by atoms with E-state index in [1.54, 1.807) is 12.1 Å². The molecule has 0 saturated carbocycles. The molecule has 1 fully saturated rings. The first-order valence-corrected chi connectivity index (χ1v) is 13.5. The predicted molar refractivity (Wildman–Crippen MR) is 144 cm³/mol. The highest BCUT2D eigenvalue weighted by Crippen LogP contribution is 2.35. The Bertz CT molecular complexity index is 1220. The monoisotopic (exact) mass is 525 g/mol. The van der Waals surface area contributed by atoms with Gasteiger partial charge in [0.05, 0.1) is 17.9 Å². The number of rotatable bonds is 6. The molecule has 1 aromatic heterocycles. The van der Waals surface area contributed by atoms with Gasteiger partial charge in [0.2, 0.25) is 0 Å². The van der Waals surface area contributed by atoms with Crippen molar-refractivity contribution in [1.29, 1.82) is 0 Å². The van der Waals surface area contributed by atoms with Crippen LogP contribution in [0.5, 0.6) is 0 Å². The Morgan fingerprint density at radius 2 is 1.86 bits per heavy atom. The smallest absolute Gasteiger partial charge is 0.325 e. The number of fused-ring (bicyclic) bond motifs is 1. The molecule has 2 aliphatic rings. The first-order chi connectivity index (χ1) is 17.6. The van der Waals surface area contributed by atoms with Gasteiger partial charge < -0.3 is 10.2 Å². The van der Waals surface area contributed by atoms with Crippen molar-refractivity contribution in [3.8, 4) is 0 Å². The van der Waals surface area contributed by atoms with Crippen molar-refractivity contribution in [2.24, 2.45) is 0 Å². The Balaban J connectivity index is 1.18. The average Bonchev–Trinajstić information content (AvgIpc) is 3.34. The first-order valence-electron chi connectivity index (χ1n) is 12.3. The summed E-state index contributed by atoms with van der Waals surface area (Å²) >= 11 is 7.16. The highest BCUT2D eigenvalue weighted by Gasteiger charge is 2.27. The van der Waals surface area contributed by atoms with Crippen LogP contribution >= 0.6 is 23.5 Å². The van der Waals surface area contributed by atoms with E-state index in [2.05, 4.69) is 25.7 Å². The van der Waals surface area contributed by atoms with Crippen LogP contribution in [0.25, 0.3) is 5.57 Å². The Labute approximate surface area is 220 Å². The number of carbonyl (C=O) groups is 1. The van der Waals surface area contributed by atoms with Crippen LogP contribution in [-0.2, 0) is 6.42 Å². The van der Waals surface area contributed by atoms with Crippen molar-refractivity contribution in [3.05, 3.63) is 82.9 Å². The van der Waals surface area contributed by atoms with Gasteiger partial charge in [0.1, 0.15) is 5.82 Å². The Hall–Kier alpha value is -2.97. The summed E-state index contributed by atoms with van der Waals surface area (Å²) < 4.78 is 18.3. The Kier molecular flexibility index (Phi) is 7.82. The molecule has 9 heteroatoms. The second-order valence-corrected chi connectivity index (χ2v) is 10.4. The summed E-state index contributed by atoms with van der Waals surface area (Å²) in [5, 5.41) is 8.38. The SMILES string of the molecule is O=C(NC/C=C1\CCCc2cnn(C3CCN(c4ccc(F)cc4)CC3)c21)NSc1ccc(Cl)cc1. The van der Waals surface area contributed by atoms with Crippen LogP contribution < -0.4 is 14.9 Å². The molecular formula is C27H29ClFN5OS. The summed E-state index contributed by atoms with van der Waals surface area (Å²) in [6, 6.07) is 14.2. The minimum Gasteiger partial charge on any atom is -0.371 e. The maximum absolute atomic E-state index is 13.3.